The van der Waals surface area contributed by atoms with Crippen LogP contribution in [-0.4, -0.2) is 27.4 Å². The second-order valence-corrected chi connectivity index (χ2v) is 6.64. The lowest BCUT2D eigenvalue weighted by Gasteiger charge is -2.07. The van der Waals surface area contributed by atoms with Gasteiger partial charge in [0.25, 0.3) is 0 Å². The molecular weight excluding hydrogens is 338 g/mol. The van der Waals surface area contributed by atoms with E-state index in [-0.39, 0.29) is 5.56 Å². The van der Waals surface area contributed by atoms with Crippen molar-refractivity contribution < 1.29 is 9.90 Å². The van der Waals surface area contributed by atoms with Crippen molar-refractivity contribution in [1.82, 2.24) is 9.78 Å². The zero-order valence-electron chi connectivity index (χ0n) is 14.5. The molecule has 0 amide bonds. The van der Waals surface area contributed by atoms with E-state index in [0.717, 1.165) is 35.7 Å². The van der Waals surface area contributed by atoms with Crippen LogP contribution in [0, 0.1) is 0 Å². The number of carboxylic acids is 1. The molecule has 1 aliphatic heterocycles. The first kappa shape index (κ1) is 15.6. The second kappa shape index (κ2) is 5.99. The quantitative estimate of drug-likeness (QED) is 0.573. The van der Waals surface area contributed by atoms with Crippen molar-refractivity contribution in [3.05, 3.63) is 77.9 Å². The average molecular weight is 355 g/mol. The number of nitrogens with zero attached hydrogens (tertiary/aromatic N) is 2. The highest BCUT2D eigenvalue weighted by Crippen LogP contribution is 2.37. The molecule has 27 heavy (non-hydrogen) atoms. The molecule has 132 valence electrons. The maximum atomic E-state index is 11.1. The first-order valence-corrected chi connectivity index (χ1v) is 8.90. The summed E-state index contributed by atoms with van der Waals surface area (Å²) in [6.45, 7) is 0.873. The van der Waals surface area contributed by atoms with E-state index in [0.29, 0.717) is 0 Å². The molecule has 2 N–H and O–H groups in total. The molecule has 0 bridgehead atoms. The monoisotopic (exact) mass is 355 g/mol. The highest BCUT2D eigenvalue weighted by Gasteiger charge is 2.24. The fourth-order valence-corrected chi connectivity index (χ4v) is 3.75. The maximum Gasteiger partial charge on any atom is 0.335 e. The van der Waals surface area contributed by atoms with Crippen LogP contribution < -0.4 is 5.32 Å². The van der Waals surface area contributed by atoms with Crippen LogP contribution in [0.4, 0.5) is 5.82 Å². The minimum Gasteiger partial charge on any atom is -0.478 e. The van der Waals surface area contributed by atoms with Gasteiger partial charge >= 0.3 is 5.97 Å². The van der Waals surface area contributed by atoms with Gasteiger partial charge in [-0.05, 0) is 41.5 Å². The van der Waals surface area contributed by atoms with Crippen LogP contribution >= 0.6 is 0 Å². The Kier molecular flexibility index (Phi) is 3.47. The third-order valence-electron chi connectivity index (χ3n) is 5.05. The number of nitrogens with one attached hydrogen (secondary N) is 1. The fraction of sp³-hybridized carbons (Fsp3) is 0.0909. The first-order chi connectivity index (χ1) is 13.2. The standard InChI is InChI=1S/C22H17N3O2/c26-22(27)15-8-10-16(11-9-15)25-21-19(12-13-23-21)20(24-25)18-7-3-5-14-4-1-2-6-17(14)18/h1-11,23H,12-13H2,(H,26,27). The average Bonchev–Trinajstić information content (AvgIpc) is 3.30. The molecule has 0 saturated carbocycles. The van der Waals surface area contributed by atoms with E-state index < -0.39 is 5.97 Å². The second-order valence-electron chi connectivity index (χ2n) is 6.64. The lowest BCUT2D eigenvalue weighted by atomic mass is 9.99. The molecule has 2 heterocycles. The summed E-state index contributed by atoms with van der Waals surface area (Å²) in [5.74, 6) is 0.0582. The van der Waals surface area contributed by atoms with E-state index >= 15 is 0 Å². The fourth-order valence-electron chi connectivity index (χ4n) is 3.75. The van der Waals surface area contributed by atoms with Crippen molar-refractivity contribution in [2.24, 2.45) is 0 Å². The van der Waals surface area contributed by atoms with Gasteiger partial charge in [0.1, 0.15) is 5.82 Å². The van der Waals surface area contributed by atoms with Crippen LogP contribution in [0.5, 0.6) is 0 Å². The van der Waals surface area contributed by atoms with Gasteiger partial charge in [0.05, 0.1) is 16.9 Å². The van der Waals surface area contributed by atoms with E-state index in [4.69, 9.17) is 10.2 Å². The summed E-state index contributed by atoms with van der Waals surface area (Å²) in [6, 6.07) is 21.4. The van der Waals surface area contributed by atoms with E-state index in [1.807, 2.05) is 16.8 Å². The highest BCUT2D eigenvalue weighted by molar-refractivity contribution is 5.97. The van der Waals surface area contributed by atoms with Crippen LogP contribution in [-0.2, 0) is 6.42 Å². The molecule has 5 nitrogen and oxygen atoms in total. The Hall–Kier alpha value is -3.60. The van der Waals surface area contributed by atoms with Gasteiger partial charge in [-0.15, -0.1) is 0 Å². The summed E-state index contributed by atoms with van der Waals surface area (Å²) >= 11 is 0. The Balaban J connectivity index is 1.69. The summed E-state index contributed by atoms with van der Waals surface area (Å²) in [6.07, 6.45) is 0.918. The zero-order chi connectivity index (χ0) is 18.4. The Labute approximate surface area is 155 Å². The number of hydrogen-bond donors (Lipinski definition) is 2. The lowest BCUT2D eigenvalue weighted by Crippen LogP contribution is -2.05. The van der Waals surface area contributed by atoms with Crippen molar-refractivity contribution in [1.29, 1.82) is 0 Å². The van der Waals surface area contributed by atoms with Crippen LogP contribution in [0.3, 0.4) is 0 Å². The molecule has 3 aromatic carbocycles. The molecule has 1 aliphatic rings. The van der Waals surface area contributed by atoms with Crippen LogP contribution in [0.15, 0.2) is 66.7 Å². The molecule has 0 fully saturated rings. The molecule has 4 aromatic rings. The number of anilines is 1. The number of fused-ring (bicyclic) bond motifs is 2. The molecule has 0 atom stereocenters. The SMILES string of the molecule is O=C(O)c1ccc(-n2nc(-c3cccc4ccccc34)c3c2NCC3)cc1. The third kappa shape index (κ3) is 2.47. The molecule has 5 rings (SSSR count). The molecule has 0 saturated heterocycles. The smallest absolute Gasteiger partial charge is 0.335 e. The van der Waals surface area contributed by atoms with Gasteiger partial charge in [-0.3, -0.25) is 0 Å². The Bertz CT molecular complexity index is 1170. The molecular formula is C22H17N3O2. The summed E-state index contributed by atoms with van der Waals surface area (Å²) < 4.78 is 1.88. The Morgan fingerprint density at radius 2 is 1.78 bits per heavy atom. The normalized spacial score (nSPS) is 12.7. The van der Waals surface area contributed by atoms with E-state index in [1.54, 1.807) is 24.3 Å². The minimum atomic E-state index is -0.929. The van der Waals surface area contributed by atoms with Gasteiger partial charge in [0.2, 0.25) is 0 Å². The summed E-state index contributed by atoms with van der Waals surface area (Å²) in [4.78, 5) is 11.1. The number of hydrogen-bond acceptors (Lipinski definition) is 3. The molecule has 0 spiro atoms. The lowest BCUT2D eigenvalue weighted by molar-refractivity contribution is 0.0697. The van der Waals surface area contributed by atoms with Gasteiger partial charge < -0.3 is 10.4 Å². The summed E-state index contributed by atoms with van der Waals surface area (Å²) in [7, 11) is 0. The Morgan fingerprint density at radius 3 is 2.59 bits per heavy atom. The van der Waals surface area contributed by atoms with Crippen LogP contribution in [0.1, 0.15) is 15.9 Å². The number of aromatic carboxylic acids is 1. The largest absolute Gasteiger partial charge is 0.478 e. The number of carbonyl (C=O) groups is 1. The number of carboxylic acid groups (broad SMARTS) is 1. The van der Waals surface area contributed by atoms with Gasteiger partial charge in [0, 0.05) is 17.7 Å². The number of rotatable bonds is 3. The van der Waals surface area contributed by atoms with Gasteiger partial charge in [-0.25, -0.2) is 9.48 Å². The minimum absolute atomic E-state index is 0.268. The topological polar surface area (TPSA) is 67.1 Å². The van der Waals surface area contributed by atoms with Gasteiger partial charge in [-0.2, -0.15) is 5.10 Å². The summed E-state index contributed by atoms with van der Waals surface area (Å²) in [5, 5.41) is 19.8. The van der Waals surface area contributed by atoms with Crippen molar-refractivity contribution in [2.75, 3.05) is 11.9 Å². The van der Waals surface area contributed by atoms with Crippen LogP contribution in [0.25, 0.3) is 27.7 Å². The van der Waals surface area contributed by atoms with E-state index in [9.17, 15) is 4.79 Å². The van der Waals surface area contributed by atoms with E-state index in [2.05, 4.69) is 35.6 Å². The van der Waals surface area contributed by atoms with Gasteiger partial charge in [-0.1, -0.05) is 42.5 Å². The van der Waals surface area contributed by atoms with Crippen molar-refractivity contribution in [3.63, 3.8) is 0 Å². The third-order valence-corrected chi connectivity index (χ3v) is 5.05. The molecule has 0 unspecified atom stereocenters. The Morgan fingerprint density at radius 1 is 1.00 bits per heavy atom. The molecule has 5 heteroatoms. The predicted molar refractivity (Wildman–Crippen MR) is 106 cm³/mol. The number of benzene rings is 3. The zero-order valence-corrected chi connectivity index (χ0v) is 14.5. The molecule has 0 aliphatic carbocycles. The number of aromatic nitrogens is 2. The van der Waals surface area contributed by atoms with E-state index in [1.165, 1.54) is 16.3 Å². The first-order valence-electron chi connectivity index (χ1n) is 8.90. The van der Waals surface area contributed by atoms with Crippen molar-refractivity contribution in [2.45, 2.75) is 6.42 Å². The summed E-state index contributed by atoms with van der Waals surface area (Å²) in [5.41, 5.74) is 4.42. The van der Waals surface area contributed by atoms with Crippen LogP contribution in [0.2, 0.25) is 0 Å². The maximum absolute atomic E-state index is 11.1. The van der Waals surface area contributed by atoms with Gasteiger partial charge in [0.15, 0.2) is 0 Å². The van der Waals surface area contributed by atoms with Crippen molar-refractivity contribution >= 4 is 22.6 Å². The highest BCUT2D eigenvalue weighted by atomic mass is 16.4. The molecule has 1 aromatic heterocycles. The molecule has 0 radical (unpaired) electrons. The van der Waals surface area contributed by atoms with Crippen molar-refractivity contribution in [3.8, 4) is 16.9 Å². The predicted octanol–water partition coefficient (Wildman–Crippen LogP) is 4.36.